The molecule has 0 radical (unpaired) electrons. The Labute approximate surface area is 144 Å². The van der Waals surface area contributed by atoms with Crippen molar-refractivity contribution in [3.05, 3.63) is 12.2 Å². The summed E-state index contributed by atoms with van der Waals surface area (Å²) < 4.78 is 5.71. The molecule has 0 N–H and O–H groups in total. The van der Waals surface area contributed by atoms with Crippen molar-refractivity contribution in [1.82, 2.24) is 0 Å². The third-order valence-electron chi connectivity index (χ3n) is 9.18. The van der Waals surface area contributed by atoms with Crippen LogP contribution in [0.15, 0.2) is 12.2 Å². The first kappa shape index (κ1) is 15.2. The fourth-order valence-electron chi connectivity index (χ4n) is 8.14. The van der Waals surface area contributed by atoms with Crippen LogP contribution in [0.25, 0.3) is 0 Å². The van der Waals surface area contributed by atoms with Crippen LogP contribution in [0.3, 0.4) is 0 Å². The van der Waals surface area contributed by atoms with E-state index in [4.69, 9.17) is 4.74 Å². The summed E-state index contributed by atoms with van der Waals surface area (Å²) in [7, 11) is 0. The van der Waals surface area contributed by atoms with Gasteiger partial charge in [-0.25, -0.2) is 0 Å². The Morgan fingerprint density at radius 1 is 1.12 bits per heavy atom. The van der Waals surface area contributed by atoms with Gasteiger partial charge in [0.15, 0.2) is 5.78 Å². The molecule has 1 unspecified atom stereocenters. The van der Waals surface area contributed by atoms with Gasteiger partial charge in [0.05, 0.1) is 0 Å². The van der Waals surface area contributed by atoms with Gasteiger partial charge in [0, 0.05) is 23.7 Å². The van der Waals surface area contributed by atoms with Crippen LogP contribution < -0.4 is 0 Å². The molecule has 0 aliphatic heterocycles. The first-order valence-corrected chi connectivity index (χ1v) is 9.75. The predicted octanol–water partition coefficient (Wildman–Crippen LogP) is 3.92. The van der Waals surface area contributed by atoms with E-state index >= 15 is 0 Å². The molecular formula is C21H28O3. The van der Waals surface area contributed by atoms with E-state index in [-0.39, 0.29) is 34.2 Å². The molecule has 0 saturated heterocycles. The third-order valence-corrected chi connectivity index (χ3v) is 9.18. The smallest absolute Gasteiger partial charge is 0.302 e. The van der Waals surface area contributed by atoms with Crippen molar-refractivity contribution in [2.24, 2.45) is 39.9 Å². The second kappa shape index (κ2) is 4.34. The molecule has 5 rings (SSSR count). The summed E-state index contributed by atoms with van der Waals surface area (Å²) in [6.07, 6.45) is 11.2. The van der Waals surface area contributed by atoms with Crippen molar-refractivity contribution in [2.75, 3.05) is 0 Å². The minimum Gasteiger partial charge on any atom is -0.462 e. The second-order valence-corrected chi connectivity index (χ2v) is 9.63. The molecule has 5 aliphatic rings. The number of esters is 1. The lowest BCUT2D eigenvalue weighted by Crippen LogP contribution is -2.48. The Morgan fingerprint density at radius 2 is 1.92 bits per heavy atom. The van der Waals surface area contributed by atoms with Crippen LogP contribution in [0.4, 0.5) is 0 Å². The Balaban J connectivity index is 1.46. The second-order valence-electron chi connectivity index (χ2n) is 9.63. The summed E-state index contributed by atoms with van der Waals surface area (Å²) in [6.45, 7) is 6.30. The van der Waals surface area contributed by atoms with Crippen molar-refractivity contribution < 1.29 is 14.3 Å². The van der Waals surface area contributed by atoms with E-state index in [1.165, 1.54) is 32.6 Å². The molecule has 4 saturated carbocycles. The Kier molecular flexibility index (Phi) is 2.74. The number of ether oxygens (including phenoxy) is 1. The molecular weight excluding hydrogens is 300 g/mol. The van der Waals surface area contributed by atoms with Crippen LogP contribution in [0.1, 0.15) is 59.3 Å². The van der Waals surface area contributed by atoms with Gasteiger partial charge >= 0.3 is 5.97 Å². The highest BCUT2D eigenvalue weighted by Gasteiger charge is 2.81. The summed E-state index contributed by atoms with van der Waals surface area (Å²) in [5, 5.41) is 0. The van der Waals surface area contributed by atoms with E-state index in [1.807, 2.05) is 6.08 Å². The number of allylic oxidation sites excluding steroid dienone is 2. The molecule has 0 heterocycles. The van der Waals surface area contributed by atoms with Crippen LogP contribution in [-0.4, -0.2) is 17.9 Å². The van der Waals surface area contributed by atoms with Gasteiger partial charge in [0.1, 0.15) is 6.10 Å². The van der Waals surface area contributed by atoms with Gasteiger partial charge in [-0.1, -0.05) is 19.9 Å². The highest BCUT2D eigenvalue weighted by Crippen LogP contribution is 2.83. The SMILES string of the molecule is CC(=O)O[C@H]1CC[C@H]2[C@@H]3CCC45C=CC(=O)[C@H]4[C@@]5(C)[C@H]3CC[C@]12C. The van der Waals surface area contributed by atoms with E-state index in [0.29, 0.717) is 23.5 Å². The molecule has 4 fully saturated rings. The molecule has 0 aromatic heterocycles. The molecule has 3 heteroatoms. The van der Waals surface area contributed by atoms with Crippen LogP contribution in [0.2, 0.25) is 0 Å². The first-order chi connectivity index (χ1) is 11.3. The fourth-order valence-corrected chi connectivity index (χ4v) is 8.14. The zero-order chi connectivity index (χ0) is 16.9. The lowest BCUT2D eigenvalue weighted by Gasteiger charge is -2.53. The predicted molar refractivity (Wildman–Crippen MR) is 90.0 cm³/mol. The normalized spacial score (nSPS) is 57.0. The van der Waals surface area contributed by atoms with Crippen LogP contribution >= 0.6 is 0 Å². The molecule has 5 aliphatic carbocycles. The number of hydrogen-bond donors (Lipinski definition) is 0. The minimum atomic E-state index is -0.133. The maximum absolute atomic E-state index is 12.4. The molecule has 1 spiro atoms. The van der Waals surface area contributed by atoms with Crippen molar-refractivity contribution >= 4 is 11.8 Å². The van der Waals surface area contributed by atoms with Gasteiger partial charge in [0.25, 0.3) is 0 Å². The summed E-state index contributed by atoms with van der Waals surface area (Å²) in [4.78, 5) is 23.9. The van der Waals surface area contributed by atoms with Crippen LogP contribution in [0, 0.1) is 39.9 Å². The van der Waals surface area contributed by atoms with Gasteiger partial charge in [-0.15, -0.1) is 0 Å². The summed E-state index contributed by atoms with van der Waals surface area (Å²) in [6, 6.07) is 0. The summed E-state index contributed by atoms with van der Waals surface area (Å²) >= 11 is 0. The third kappa shape index (κ3) is 1.47. The Morgan fingerprint density at radius 3 is 2.67 bits per heavy atom. The van der Waals surface area contributed by atoms with Gasteiger partial charge in [-0.3, -0.25) is 9.59 Å². The number of fused-ring (bicyclic) bond motifs is 5. The Bertz CT molecular complexity index is 666. The molecule has 0 bridgehead atoms. The molecule has 0 aromatic carbocycles. The molecule has 8 atom stereocenters. The van der Waals surface area contributed by atoms with E-state index in [0.717, 1.165) is 12.8 Å². The van der Waals surface area contributed by atoms with Crippen molar-refractivity contribution in [1.29, 1.82) is 0 Å². The maximum atomic E-state index is 12.4. The van der Waals surface area contributed by atoms with Crippen molar-refractivity contribution in [3.8, 4) is 0 Å². The minimum absolute atomic E-state index is 0.102. The lowest BCUT2D eigenvalue weighted by molar-refractivity contribution is -0.157. The number of carbonyl (C=O) groups is 2. The number of ketones is 1. The van der Waals surface area contributed by atoms with Crippen LogP contribution in [-0.2, 0) is 14.3 Å². The van der Waals surface area contributed by atoms with Crippen molar-refractivity contribution in [2.45, 2.75) is 65.4 Å². The average molecular weight is 328 g/mol. The van der Waals surface area contributed by atoms with Gasteiger partial charge in [-0.2, -0.15) is 0 Å². The summed E-state index contributed by atoms with van der Waals surface area (Å²) in [5.74, 6) is 2.58. The molecule has 0 aromatic rings. The zero-order valence-corrected chi connectivity index (χ0v) is 15.0. The highest BCUT2D eigenvalue weighted by molar-refractivity contribution is 6.00. The molecule has 130 valence electrons. The number of carbonyl (C=O) groups excluding carboxylic acids is 2. The lowest BCUT2D eigenvalue weighted by atomic mass is 9.52. The number of hydrogen-bond acceptors (Lipinski definition) is 3. The molecule has 24 heavy (non-hydrogen) atoms. The fraction of sp³-hybridized carbons (Fsp3) is 0.810. The van der Waals surface area contributed by atoms with Gasteiger partial charge in [0.2, 0.25) is 0 Å². The average Bonchev–Trinajstić information content (AvgIpc) is 2.74. The Hall–Kier alpha value is -1.12. The molecule has 0 amide bonds. The van der Waals surface area contributed by atoms with Crippen LogP contribution in [0.5, 0.6) is 0 Å². The van der Waals surface area contributed by atoms with E-state index in [9.17, 15) is 9.59 Å². The molecule has 3 nitrogen and oxygen atoms in total. The quantitative estimate of drug-likeness (QED) is 0.685. The van der Waals surface area contributed by atoms with E-state index < -0.39 is 0 Å². The van der Waals surface area contributed by atoms with E-state index in [1.54, 1.807) is 0 Å². The summed E-state index contributed by atoms with van der Waals surface area (Å²) in [5.41, 5.74) is 0.563. The highest BCUT2D eigenvalue weighted by atomic mass is 16.5. The number of rotatable bonds is 1. The standard InChI is InChI=1S/C21H28O3/c1-12(22)24-17-5-4-14-13-6-10-21-11-8-16(23)18(21)20(21,3)15(13)7-9-19(14,17)2/h8,11,13-15,17-18H,4-7,9-10H2,1-3H3/t13-,14-,15-,17-,18-,19-,20+,21?/m0/s1. The van der Waals surface area contributed by atoms with Gasteiger partial charge in [-0.05, 0) is 67.8 Å². The topological polar surface area (TPSA) is 43.4 Å². The van der Waals surface area contributed by atoms with Gasteiger partial charge < -0.3 is 4.74 Å². The van der Waals surface area contributed by atoms with Crippen molar-refractivity contribution in [3.63, 3.8) is 0 Å². The zero-order valence-electron chi connectivity index (χ0n) is 15.0. The maximum Gasteiger partial charge on any atom is 0.302 e. The largest absolute Gasteiger partial charge is 0.462 e. The van der Waals surface area contributed by atoms with E-state index in [2.05, 4.69) is 19.9 Å². The first-order valence-electron chi connectivity index (χ1n) is 9.75. The monoisotopic (exact) mass is 328 g/mol.